The maximum Gasteiger partial charge on any atom is 0.273 e. The summed E-state index contributed by atoms with van der Waals surface area (Å²) in [6.07, 6.45) is 1.95. The number of benzene rings is 2. The molecule has 120 valence electrons. The van der Waals surface area contributed by atoms with Gasteiger partial charge >= 0.3 is 0 Å². The van der Waals surface area contributed by atoms with E-state index >= 15 is 0 Å². The standard InChI is InChI=1S/C17H11ClN2O3S/c18-17-19-12-8-7-9-3-1-4-10-11(5-2-6-13(10)20(22)23)15(21)14(9)16(12)24-17/h2,5-8H,1,3-4H2. The lowest BCUT2D eigenvalue weighted by Crippen LogP contribution is -2.14. The highest BCUT2D eigenvalue weighted by molar-refractivity contribution is 7.22. The molecular formula is C17H11ClN2O3S. The number of ketones is 1. The molecule has 0 bridgehead atoms. The van der Waals surface area contributed by atoms with Crippen LogP contribution in [0.2, 0.25) is 4.47 Å². The van der Waals surface area contributed by atoms with Gasteiger partial charge in [0.1, 0.15) is 0 Å². The Morgan fingerprint density at radius 1 is 1.21 bits per heavy atom. The lowest BCUT2D eigenvalue weighted by molar-refractivity contribution is -0.385. The van der Waals surface area contributed by atoms with Crippen LogP contribution in [0, 0.1) is 10.1 Å². The van der Waals surface area contributed by atoms with Crippen LogP contribution in [-0.4, -0.2) is 15.7 Å². The number of aromatic nitrogens is 1. The van der Waals surface area contributed by atoms with Gasteiger partial charge in [-0.2, -0.15) is 0 Å². The first-order valence-corrected chi connectivity index (χ1v) is 8.64. The predicted molar refractivity (Wildman–Crippen MR) is 93.2 cm³/mol. The van der Waals surface area contributed by atoms with E-state index in [0.29, 0.717) is 39.5 Å². The van der Waals surface area contributed by atoms with Crippen LogP contribution in [0.5, 0.6) is 0 Å². The molecule has 24 heavy (non-hydrogen) atoms. The minimum atomic E-state index is -0.418. The Labute approximate surface area is 146 Å². The number of aryl methyl sites for hydroxylation is 1. The van der Waals surface area contributed by atoms with E-state index < -0.39 is 4.92 Å². The smallest absolute Gasteiger partial charge is 0.273 e. The van der Waals surface area contributed by atoms with Gasteiger partial charge in [0.2, 0.25) is 0 Å². The quantitative estimate of drug-likeness (QED) is 0.471. The molecule has 3 aromatic rings. The molecule has 1 aromatic heterocycles. The van der Waals surface area contributed by atoms with E-state index in [0.717, 1.165) is 16.7 Å². The number of hydrogen-bond acceptors (Lipinski definition) is 5. The van der Waals surface area contributed by atoms with Crippen LogP contribution in [0.1, 0.15) is 33.5 Å². The fourth-order valence-corrected chi connectivity index (χ4v) is 4.45. The van der Waals surface area contributed by atoms with E-state index in [1.165, 1.54) is 17.4 Å². The number of fused-ring (bicyclic) bond motifs is 4. The van der Waals surface area contributed by atoms with E-state index in [9.17, 15) is 14.9 Å². The van der Waals surface area contributed by atoms with Gasteiger partial charge in [0.15, 0.2) is 10.3 Å². The molecule has 0 N–H and O–H groups in total. The van der Waals surface area contributed by atoms with Crippen LogP contribution in [0.25, 0.3) is 10.2 Å². The second kappa shape index (κ2) is 5.65. The summed E-state index contributed by atoms with van der Waals surface area (Å²) < 4.78 is 1.13. The third-order valence-electron chi connectivity index (χ3n) is 4.31. The fraction of sp³-hybridized carbons (Fsp3) is 0.176. The van der Waals surface area contributed by atoms with Crippen molar-refractivity contribution < 1.29 is 9.72 Å². The van der Waals surface area contributed by atoms with Gasteiger partial charge in [-0.3, -0.25) is 14.9 Å². The lowest BCUT2D eigenvalue weighted by Gasteiger charge is -2.16. The molecule has 5 nitrogen and oxygen atoms in total. The van der Waals surface area contributed by atoms with Crippen LogP contribution >= 0.6 is 22.9 Å². The Kier molecular flexibility index (Phi) is 3.58. The fourth-order valence-electron chi connectivity index (χ4n) is 3.27. The van der Waals surface area contributed by atoms with Crippen molar-refractivity contribution in [1.82, 2.24) is 4.98 Å². The summed E-state index contributed by atoms with van der Waals surface area (Å²) in [5, 5.41) is 11.3. The minimum Gasteiger partial charge on any atom is -0.289 e. The first-order valence-electron chi connectivity index (χ1n) is 7.45. The summed E-state index contributed by atoms with van der Waals surface area (Å²) >= 11 is 7.29. The number of halogens is 1. The van der Waals surface area contributed by atoms with Crippen molar-refractivity contribution in [1.29, 1.82) is 0 Å². The number of carbonyl (C=O) groups is 1. The molecule has 0 spiro atoms. The molecule has 1 heterocycles. The van der Waals surface area contributed by atoms with Crippen LogP contribution in [0.4, 0.5) is 5.69 Å². The van der Waals surface area contributed by atoms with Crippen molar-refractivity contribution >= 4 is 44.6 Å². The molecule has 0 aliphatic heterocycles. The van der Waals surface area contributed by atoms with Gasteiger partial charge in [-0.15, -0.1) is 11.3 Å². The molecule has 0 saturated heterocycles. The summed E-state index contributed by atoms with van der Waals surface area (Å²) in [7, 11) is 0. The van der Waals surface area contributed by atoms with E-state index in [1.54, 1.807) is 12.1 Å². The molecule has 1 aliphatic rings. The number of nitro benzene ring substituents is 1. The summed E-state index contributed by atoms with van der Waals surface area (Å²) in [4.78, 5) is 28.3. The summed E-state index contributed by atoms with van der Waals surface area (Å²) in [5.74, 6) is -0.186. The monoisotopic (exact) mass is 358 g/mol. The second-order valence-electron chi connectivity index (χ2n) is 5.66. The largest absolute Gasteiger partial charge is 0.289 e. The zero-order chi connectivity index (χ0) is 16.8. The van der Waals surface area contributed by atoms with Crippen molar-refractivity contribution in [3.8, 4) is 0 Å². The molecule has 0 unspecified atom stereocenters. The van der Waals surface area contributed by atoms with Crippen molar-refractivity contribution in [3.05, 3.63) is 67.2 Å². The van der Waals surface area contributed by atoms with E-state index in [-0.39, 0.29) is 11.5 Å². The van der Waals surface area contributed by atoms with Crippen molar-refractivity contribution in [3.63, 3.8) is 0 Å². The molecule has 0 amide bonds. The molecule has 0 saturated carbocycles. The van der Waals surface area contributed by atoms with Crippen molar-refractivity contribution in [2.45, 2.75) is 19.3 Å². The Balaban J connectivity index is 2.01. The molecular weight excluding hydrogens is 348 g/mol. The number of carbonyl (C=O) groups excluding carboxylic acids is 1. The van der Waals surface area contributed by atoms with Gasteiger partial charge < -0.3 is 0 Å². The molecule has 4 rings (SSSR count). The average Bonchev–Trinajstić information content (AvgIpc) is 2.92. The Morgan fingerprint density at radius 2 is 2.04 bits per heavy atom. The van der Waals surface area contributed by atoms with Crippen LogP contribution < -0.4 is 0 Å². The average molecular weight is 359 g/mol. The third kappa shape index (κ3) is 2.30. The summed E-state index contributed by atoms with van der Waals surface area (Å²) in [6, 6.07) is 8.48. The maximum absolute atomic E-state index is 13.2. The molecule has 7 heteroatoms. The zero-order valence-electron chi connectivity index (χ0n) is 12.4. The third-order valence-corrected chi connectivity index (χ3v) is 5.50. The van der Waals surface area contributed by atoms with Crippen LogP contribution in [0.15, 0.2) is 30.3 Å². The highest BCUT2D eigenvalue weighted by Gasteiger charge is 2.27. The van der Waals surface area contributed by atoms with Gasteiger partial charge in [-0.05, 0) is 30.9 Å². The molecule has 2 aromatic carbocycles. The van der Waals surface area contributed by atoms with E-state index in [4.69, 9.17) is 11.6 Å². The SMILES string of the molecule is O=C1c2cccc([N+](=O)[O-])c2CCCc2ccc3nc(Cl)sc3c21. The van der Waals surface area contributed by atoms with Crippen LogP contribution in [0.3, 0.4) is 0 Å². The first kappa shape index (κ1) is 15.2. The maximum atomic E-state index is 13.2. The van der Waals surface area contributed by atoms with Gasteiger partial charge in [-0.1, -0.05) is 29.8 Å². The topological polar surface area (TPSA) is 73.1 Å². The normalized spacial score (nSPS) is 14.0. The summed E-state index contributed by atoms with van der Waals surface area (Å²) in [6.45, 7) is 0. The number of rotatable bonds is 1. The van der Waals surface area contributed by atoms with Crippen molar-refractivity contribution in [2.24, 2.45) is 0 Å². The van der Waals surface area contributed by atoms with Gasteiger partial charge in [-0.25, -0.2) is 4.98 Å². The Bertz CT molecular complexity index is 1010. The highest BCUT2D eigenvalue weighted by Crippen LogP contribution is 2.36. The predicted octanol–water partition coefficient (Wildman–Crippen LogP) is 4.58. The van der Waals surface area contributed by atoms with Gasteiger partial charge in [0, 0.05) is 22.8 Å². The van der Waals surface area contributed by atoms with Gasteiger partial charge in [0.05, 0.1) is 15.1 Å². The van der Waals surface area contributed by atoms with E-state index in [1.807, 2.05) is 12.1 Å². The molecule has 0 atom stereocenters. The summed E-state index contributed by atoms with van der Waals surface area (Å²) in [5.41, 5.74) is 3.15. The number of thiazole rings is 1. The lowest BCUT2D eigenvalue weighted by atomic mass is 9.87. The number of nitro groups is 1. The molecule has 0 radical (unpaired) electrons. The number of nitrogens with zero attached hydrogens (tertiary/aromatic N) is 2. The van der Waals surface area contributed by atoms with Crippen LogP contribution in [-0.2, 0) is 12.8 Å². The number of hydrogen-bond donors (Lipinski definition) is 0. The molecule has 1 aliphatic carbocycles. The zero-order valence-corrected chi connectivity index (χ0v) is 14.0. The second-order valence-corrected chi connectivity index (χ2v) is 7.24. The molecule has 0 fully saturated rings. The van der Waals surface area contributed by atoms with Crippen molar-refractivity contribution in [2.75, 3.05) is 0 Å². The van der Waals surface area contributed by atoms with Gasteiger partial charge in [0.25, 0.3) is 5.69 Å². The van der Waals surface area contributed by atoms with E-state index in [2.05, 4.69) is 4.98 Å². The Hall–Kier alpha value is -2.31. The highest BCUT2D eigenvalue weighted by atomic mass is 35.5. The first-order chi connectivity index (χ1) is 11.6. The Morgan fingerprint density at radius 3 is 2.83 bits per heavy atom. The minimum absolute atomic E-state index is 0.0128.